The summed E-state index contributed by atoms with van der Waals surface area (Å²) >= 11 is 0. The molecule has 1 fully saturated rings. The number of anilines is 2. The molecule has 4 heterocycles. The Labute approximate surface area is 165 Å². The van der Waals surface area contributed by atoms with Crippen LogP contribution in [0.4, 0.5) is 11.6 Å². The largest absolute Gasteiger partial charge is 0.466 e. The Balaban J connectivity index is 1.63. The number of pyridine rings is 1. The first-order valence-electron chi connectivity index (χ1n) is 10.2. The standard InChI is InChI=1S/C21H27N5O2/c1-2-26-8-7-17-18(11-22)20(23-12-15-5-3-9-27-15)25-21(19(17)14-26)24-13-16-6-4-10-28-16/h4,6,10,15H,2-3,5,7-9,12-14H2,1H3,(H2,23,24,25)/p+2/t15-/m1/s1. The van der Waals surface area contributed by atoms with Crippen molar-refractivity contribution in [1.82, 2.24) is 0 Å². The summed E-state index contributed by atoms with van der Waals surface area (Å²) in [7, 11) is 0. The van der Waals surface area contributed by atoms with Gasteiger partial charge in [0, 0.05) is 13.0 Å². The molecule has 2 aliphatic rings. The van der Waals surface area contributed by atoms with E-state index in [-0.39, 0.29) is 6.10 Å². The van der Waals surface area contributed by atoms with Gasteiger partial charge in [0.25, 0.3) is 0 Å². The van der Waals surface area contributed by atoms with Crippen LogP contribution < -0.4 is 20.5 Å². The van der Waals surface area contributed by atoms with E-state index in [0.29, 0.717) is 13.1 Å². The van der Waals surface area contributed by atoms with Gasteiger partial charge in [-0.15, -0.1) is 0 Å². The number of ether oxygens (including phenoxy) is 1. The predicted molar refractivity (Wildman–Crippen MR) is 105 cm³/mol. The molecule has 2 aromatic heterocycles. The molecule has 4 rings (SSSR count). The summed E-state index contributed by atoms with van der Waals surface area (Å²) in [5, 5.41) is 16.8. The third-order valence-electron chi connectivity index (χ3n) is 5.78. The monoisotopic (exact) mass is 383 g/mol. The number of fused-ring (bicyclic) bond motifs is 1. The van der Waals surface area contributed by atoms with E-state index in [0.717, 1.165) is 74.0 Å². The number of furan rings is 1. The first-order chi connectivity index (χ1) is 13.8. The Bertz CT molecular complexity index is 837. The number of likely N-dealkylation sites (N-methyl/N-ethyl adjacent to an activating group) is 1. The highest BCUT2D eigenvalue weighted by molar-refractivity contribution is 5.60. The van der Waals surface area contributed by atoms with Gasteiger partial charge < -0.3 is 19.4 Å². The van der Waals surface area contributed by atoms with E-state index in [2.05, 4.69) is 28.6 Å². The van der Waals surface area contributed by atoms with Crippen molar-refractivity contribution in [3.8, 4) is 6.07 Å². The SMILES string of the molecule is CC[NH+]1CCc2c(C#N)c(NC[C@H]3CCCO3)[nH+]c(NCc3ccco3)c2C1. The predicted octanol–water partition coefficient (Wildman–Crippen LogP) is 1.13. The van der Waals surface area contributed by atoms with Gasteiger partial charge in [0.05, 0.1) is 37.6 Å². The average molecular weight is 383 g/mol. The maximum atomic E-state index is 9.88. The number of hydrogen-bond donors (Lipinski definition) is 3. The minimum atomic E-state index is 0.218. The lowest BCUT2D eigenvalue weighted by Gasteiger charge is -2.26. The van der Waals surface area contributed by atoms with Gasteiger partial charge in [-0.25, -0.2) is 4.98 Å². The molecule has 0 radical (unpaired) electrons. The molecule has 2 atom stereocenters. The van der Waals surface area contributed by atoms with Crippen molar-refractivity contribution in [3.05, 3.63) is 40.8 Å². The molecule has 2 aromatic rings. The van der Waals surface area contributed by atoms with Crippen LogP contribution in [0.15, 0.2) is 22.8 Å². The zero-order chi connectivity index (χ0) is 19.3. The van der Waals surface area contributed by atoms with Crippen LogP contribution >= 0.6 is 0 Å². The smallest absolute Gasteiger partial charge is 0.237 e. The summed E-state index contributed by atoms with van der Waals surface area (Å²) in [6.07, 6.45) is 5.00. The van der Waals surface area contributed by atoms with Crippen LogP contribution in [0.3, 0.4) is 0 Å². The lowest BCUT2D eigenvalue weighted by Crippen LogP contribution is -3.11. The van der Waals surface area contributed by atoms with Gasteiger partial charge >= 0.3 is 0 Å². The van der Waals surface area contributed by atoms with Crippen LogP contribution in [0.2, 0.25) is 0 Å². The summed E-state index contributed by atoms with van der Waals surface area (Å²) < 4.78 is 11.2. The minimum absolute atomic E-state index is 0.218. The van der Waals surface area contributed by atoms with E-state index in [1.54, 1.807) is 6.26 Å². The van der Waals surface area contributed by atoms with Gasteiger partial charge in [-0.05, 0) is 37.5 Å². The Morgan fingerprint density at radius 3 is 2.96 bits per heavy atom. The van der Waals surface area contributed by atoms with E-state index in [1.807, 2.05) is 12.1 Å². The van der Waals surface area contributed by atoms with E-state index in [1.165, 1.54) is 10.5 Å². The number of rotatable bonds is 7. The fraction of sp³-hybridized carbons (Fsp3) is 0.524. The summed E-state index contributed by atoms with van der Waals surface area (Å²) in [4.78, 5) is 5.00. The Kier molecular flexibility index (Phi) is 5.79. The van der Waals surface area contributed by atoms with Crippen LogP contribution in [-0.4, -0.2) is 32.3 Å². The molecule has 1 unspecified atom stereocenters. The maximum Gasteiger partial charge on any atom is 0.237 e. The van der Waals surface area contributed by atoms with Crippen molar-refractivity contribution in [2.45, 2.75) is 45.4 Å². The van der Waals surface area contributed by atoms with Gasteiger partial charge in [0.2, 0.25) is 11.6 Å². The van der Waals surface area contributed by atoms with E-state index in [9.17, 15) is 5.26 Å². The molecule has 148 valence electrons. The molecule has 7 heteroatoms. The molecule has 28 heavy (non-hydrogen) atoms. The average Bonchev–Trinajstić information content (AvgIpc) is 3.43. The number of quaternary nitrogens is 1. The first kappa shape index (κ1) is 18.8. The van der Waals surface area contributed by atoms with Crippen LogP contribution in [-0.2, 0) is 24.2 Å². The highest BCUT2D eigenvalue weighted by Crippen LogP contribution is 2.26. The summed E-state index contributed by atoms with van der Waals surface area (Å²) in [5.74, 6) is 2.65. The van der Waals surface area contributed by atoms with Crippen LogP contribution in [0.5, 0.6) is 0 Å². The third-order valence-corrected chi connectivity index (χ3v) is 5.78. The molecule has 0 aliphatic carbocycles. The fourth-order valence-corrected chi connectivity index (χ4v) is 4.15. The number of nitrogens with one attached hydrogen (secondary N) is 4. The number of aromatic nitrogens is 1. The molecular weight excluding hydrogens is 354 g/mol. The Hall–Kier alpha value is -2.56. The molecule has 0 bridgehead atoms. The van der Waals surface area contributed by atoms with E-state index < -0.39 is 0 Å². The fourth-order valence-electron chi connectivity index (χ4n) is 4.15. The zero-order valence-corrected chi connectivity index (χ0v) is 16.4. The third kappa shape index (κ3) is 3.98. The van der Waals surface area contributed by atoms with Crippen LogP contribution in [0.25, 0.3) is 0 Å². The first-order valence-corrected chi connectivity index (χ1v) is 10.2. The second-order valence-corrected chi connectivity index (χ2v) is 7.55. The summed E-state index contributed by atoms with van der Waals surface area (Å²) in [6, 6.07) is 6.30. The van der Waals surface area contributed by atoms with Crippen molar-refractivity contribution in [2.75, 3.05) is 36.9 Å². The van der Waals surface area contributed by atoms with Crippen molar-refractivity contribution in [2.24, 2.45) is 0 Å². The minimum Gasteiger partial charge on any atom is -0.466 e. The van der Waals surface area contributed by atoms with Gasteiger partial charge in [0.1, 0.15) is 30.5 Å². The Morgan fingerprint density at radius 1 is 1.32 bits per heavy atom. The molecule has 2 aliphatic heterocycles. The number of nitrogens with zero attached hydrogens (tertiary/aromatic N) is 1. The van der Waals surface area contributed by atoms with Gasteiger partial charge in [-0.1, -0.05) is 0 Å². The Morgan fingerprint density at radius 2 is 2.25 bits per heavy atom. The van der Waals surface area contributed by atoms with Crippen molar-refractivity contribution < 1.29 is 19.0 Å². The van der Waals surface area contributed by atoms with Crippen molar-refractivity contribution >= 4 is 11.6 Å². The van der Waals surface area contributed by atoms with Crippen molar-refractivity contribution in [1.29, 1.82) is 5.26 Å². The van der Waals surface area contributed by atoms with Gasteiger partial charge in [-0.2, -0.15) is 5.26 Å². The van der Waals surface area contributed by atoms with Crippen molar-refractivity contribution in [3.63, 3.8) is 0 Å². The molecular formula is C21H29N5O2+2. The molecule has 0 amide bonds. The maximum absolute atomic E-state index is 9.88. The second kappa shape index (κ2) is 8.63. The van der Waals surface area contributed by atoms with E-state index >= 15 is 0 Å². The molecule has 7 nitrogen and oxygen atoms in total. The zero-order valence-electron chi connectivity index (χ0n) is 16.4. The topological polar surface area (TPSA) is 88.8 Å². The van der Waals surface area contributed by atoms with E-state index in [4.69, 9.17) is 9.15 Å². The molecule has 0 saturated carbocycles. The normalized spacial score (nSPS) is 21.1. The lowest BCUT2D eigenvalue weighted by atomic mass is 9.95. The van der Waals surface area contributed by atoms with Gasteiger partial charge in [0.15, 0.2) is 0 Å². The number of nitriles is 1. The number of H-pyrrole nitrogens is 1. The van der Waals surface area contributed by atoms with Crippen LogP contribution in [0.1, 0.15) is 42.2 Å². The highest BCUT2D eigenvalue weighted by atomic mass is 16.5. The van der Waals surface area contributed by atoms with Gasteiger partial charge in [-0.3, -0.25) is 5.32 Å². The molecule has 0 spiro atoms. The molecule has 4 N–H and O–H groups in total. The highest BCUT2D eigenvalue weighted by Gasteiger charge is 2.30. The molecule has 1 saturated heterocycles. The quantitative estimate of drug-likeness (QED) is 0.667. The molecule has 0 aromatic carbocycles. The van der Waals surface area contributed by atoms with Crippen LogP contribution in [0, 0.1) is 11.3 Å². The number of aromatic amines is 1. The second-order valence-electron chi connectivity index (χ2n) is 7.55. The number of hydrogen-bond acceptors (Lipinski definition) is 5. The summed E-state index contributed by atoms with van der Waals surface area (Å²) in [5.41, 5.74) is 3.12. The summed E-state index contributed by atoms with van der Waals surface area (Å²) in [6.45, 7) is 7.43. The lowest BCUT2D eigenvalue weighted by molar-refractivity contribution is -0.914.